The topological polar surface area (TPSA) is 73.9 Å². The van der Waals surface area contributed by atoms with Gasteiger partial charge in [-0.05, 0) is 55.5 Å². The summed E-state index contributed by atoms with van der Waals surface area (Å²) in [6, 6.07) is 10.4. The standard InChI is InChI=1S/C19H18F3NO5/c1-12(18(25)23-14-5-3-13(4-6-14)19(20,21)22)28-17(24)11-27-16-9-7-15(26-2)8-10-16/h3-10,12H,11H2,1-2H3,(H,23,25). The van der Waals surface area contributed by atoms with Crippen molar-refractivity contribution in [3.63, 3.8) is 0 Å². The Morgan fingerprint density at radius 3 is 2.11 bits per heavy atom. The van der Waals surface area contributed by atoms with Crippen LogP contribution in [0.3, 0.4) is 0 Å². The molecule has 28 heavy (non-hydrogen) atoms. The van der Waals surface area contributed by atoms with Gasteiger partial charge >= 0.3 is 12.1 Å². The summed E-state index contributed by atoms with van der Waals surface area (Å²) < 4.78 is 52.8. The number of ether oxygens (including phenoxy) is 3. The maximum atomic E-state index is 12.5. The number of methoxy groups -OCH3 is 1. The number of nitrogens with one attached hydrogen (secondary N) is 1. The Bertz CT molecular complexity index is 804. The Morgan fingerprint density at radius 2 is 1.57 bits per heavy atom. The van der Waals surface area contributed by atoms with Gasteiger partial charge in [0.25, 0.3) is 5.91 Å². The molecule has 1 atom stereocenters. The monoisotopic (exact) mass is 397 g/mol. The molecule has 1 N–H and O–H groups in total. The second-order valence-electron chi connectivity index (χ2n) is 5.66. The maximum absolute atomic E-state index is 12.5. The molecule has 0 saturated carbocycles. The number of amides is 1. The number of carbonyl (C=O) groups is 2. The molecule has 2 aromatic rings. The van der Waals surface area contributed by atoms with Crippen LogP contribution in [0.25, 0.3) is 0 Å². The summed E-state index contributed by atoms with van der Waals surface area (Å²) in [5.41, 5.74) is -0.684. The van der Waals surface area contributed by atoms with Gasteiger partial charge in [-0.25, -0.2) is 4.79 Å². The number of alkyl halides is 3. The molecule has 2 aromatic carbocycles. The lowest BCUT2D eigenvalue weighted by atomic mass is 10.2. The second kappa shape index (κ2) is 9.12. The molecule has 0 aliphatic carbocycles. The molecule has 2 rings (SSSR count). The number of hydrogen-bond acceptors (Lipinski definition) is 5. The fourth-order valence-corrected chi connectivity index (χ4v) is 2.09. The minimum absolute atomic E-state index is 0.149. The van der Waals surface area contributed by atoms with E-state index < -0.39 is 36.3 Å². The van der Waals surface area contributed by atoms with E-state index in [0.29, 0.717) is 11.5 Å². The lowest BCUT2D eigenvalue weighted by Gasteiger charge is -2.14. The van der Waals surface area contributed by atoms with Crippen molar-refractivity contribution in [1.29, 1.82) is 0 Å². The van der Waals surface area contributed by atoms with Crippen LogP contribution < -0.4 is 14.8 Å². The maximum Gasteiger partial charge on any atom is 0.416 e. The van der Waals surface area contributed by atoms with Crippen LogP contribution >= 0.6 is 0 Å². The minimum Gasteiger partial charge on any atom is -0.497 e. The summed E-state index contributed by atoms with van der Waals surface area (Å²) in [6.07, 6.45) is -5.62. The normalized spacial score (nSPS) is 12.0. The van der Waals surface area contributed by atoms with E-state index in [9.17, 15) is 22.8 Å². The molecule has 150 valence electrons. The molecule has 9 heteroatoms. The van der Waals surface area contributed by atoms with Crippen LogP contribution in [0, 0.1) is 0 Å². The molecule has 0 spiro atoms. The first-order valence-corrected chi connectivity index (χ1v) is 8.13. The van der Waals surface area contributed by atoms with E-state index >= 15 is 0 Å². The molecule has 0 aliphatic rings. The van der Waals surface area contributed by atoms with Gasteiger partial charge in [-0.1, -0.05) is 0 Å². The van der Waals surface area contributed by atoms with E-state index in [1.165, 1.54) is 14.0 Å². The van der Waals surface area contributed by atoms with Crippen LogP contribution in [0.4, 0.5) is 18.9 Å². The fourth-order valence-electron chi connectivity index (χ4n) is 2.09. The molecule has 1 unspecified atom stereocenters. The highest BCUT2D eigenvalue weighted by atomic mass is 19.4. The Balaban J connectivity index is 1.81. The number of anilines is 1. The van der Waals surface area contributed by atoms with E-state index in [-0.39, 0.29) is 5.69 Å². The van der Waals surface area contributed by atoms with Crippen molar-refractivity contribution in [2.75, 3.05) is 19.0 Å². The van der Waals surface area contributed by atoms with Crippen LogP contribution in [0.2, 0.25) is 0 Å². The first kappa shape index (κ1) is 21.1. The number of esters is 1. The van der Waals surface area contributed by atoms with Gasteiger partial charge in [-0.15, -0.1) is 0 Å². The number of hydrogen-bond donors (Lipinski definition) is 1. The Hall–Kier alpha value is -3.23. The molecule has 0 bridgehead atoms. The van der Waals surface area contributed by atoms with Crippen molar-refractivity contribution in [3.05, 3.63) is 54.1 Å². The third kappa shape index (κ3) is 6.19. The van der Waals surface area contributed by atoms with Gasteiger partial charge < -0.3 is 19.5 Å². The van der Waals surface area contributed by atoms with Crippen LogP contribution in [0.15, 0.2) is 48.5 Å². The van der Waals surface area contributed by atoms with Gasteiger partial charge in [0.05, 0.1) is 12.7 Å². The smallest absolute Gasteiger partial charge is 0.416 e. The predicted octanol–water partition coefficient (Wildman–Crippen LogP) is 3.66. The Morgan fingerprint density at radius 1 is 1.00 bits per heavy atom. The molecule has 0 aromatic heterocycles. The largest absolute Gasteiger partial charge is 0.497 e. The summed E-state index contributed by atoms with van der Waals surface area (Å²) in [7, 11) is 1.52. The summed E-state index contributed by atoms with van der Waals surface area (Å²) in [6.45, 7) is 0.926. The zero-order valence-corrected chi connectivity index (χ0v) is 15.1. The second-order valence-corrected chi connectivity index (χ2v) is 5.66. The number of carbonyl (C=O) groups excluding carboxylic acids is 2. The van der Waals surface area contributed by atoms with Crippen LogP contribution in [-0.4, -0.2) is 31.7 Å². The summed E-state index contributed by atoms with van der Waals surface area (Å²) in [5.74, 6) is -0.411. The van der Waals surface area contributed by atoms with Crippen molar-refractivity contribution in [1.82, 2.24) is 0 Å². The van der Waals surface area contributed by atoms with E-state index in [4.69, 9.17) is 14.2 Å². The van der Waals surface area contributed by atoms with Crippen molar-refractivity contribution in [2.45, 2.75) is 19.2 Å². The van der Waals surface area contributed by atoms with E-state index in [2.05, 4.69) is 5.32 Å². The number of benzene rings is 2. The Labute approximate surface area is 159 Å². The molecule has 0 fully saturated rings. The molecule has 0 radical (unpaired) electrons. The summed E-state index contributed by atoms with van der Waals surface area (Å²) in [5, 5.41) is 2.37. The van der Waals surface area contributed by atoms with Crippen molar-refractivity contribution in [3.8, 4) is 11.5 Å². The van der Waals surface area contributed by atoms with Crippen LogP contribution in [-0.2, 0) is 20.5 Å². The number of rotatable bonds is 7. The van der Waals surface area contributed by atoms with Crippen molar-refractivity contribution < 1.29 is 37.0 Å². The number of halogens is 3. The SMILES string of the molecule is COc1ccc(OCC(=O)OC(C)C(=O)Nc2ccc(C(F)(F)F)cc2)cc1. The molecular weight excluding hydrogens is 379 g/mol. The molecule has 1 amide bonds. The highest BCUT2D eigenvalue weighted by Crippen LogP contribution is 2.29. The fraction of sp³-hybridized carbons (Fsp3) is 0.263. The summed E-state index contributed by atoms with van der Waals surface area (Å²) >= 11 is 0. The molecule has 0 heterocycles. The van der Waals surface area contributed by atoms with E-state index in [1.54, 1.807) is 24.3 Å². The van der Waals surface area contributed by atoms with Crippen LogP contribution in [0.1, 0.15) is 12.5 Å². The highest BCUT2D eigenvalue weighted by molar-refractivity contribution is 5.95. The third-order valence-corrected chi connectivity index (χ3v) is 3.57. The van der Waals surface area contributed by atoms with Gasteiger partial charge in [0, 0.05) is 5.69 Å². The third-order valence-electron chi connectivity index (χ3n) is 3.57. The van der Waals surface area contributed by atoms with Crippen molar-refractivity contribution >= 4 is 17.6 Å². The minimum atomic E-state index is -4.46. The summed E-state index contributed by atoms with van der Waals surface area (Å²) in [4.78, 5) is 23.8. The average Bonchev–Trinajstić information content (AvgIpc) is 2.66. The average molecular weight is 397 g/mol. The van der Waals surface area contributed by atoms with E-state index in [0.717, 1.165) is 24.3 Å². The lowest BCUT2D eigenvalue weighted by molar-refractivity contribution is -0.155. The first-order valence-electron chi connectivity index (χ1n) is 8.13. The Kier molecular flexibility index (Phi) is 6.86. The van der Waals surface area contributed by atoms with Gasteiger partial charge in [0.2, 0.25) is 0 Å². The zero-order chi connectivity index (χ0) is 20.7. The zero-order valence-electron chi connectivity index (χ0n) is 15.1. The lowest BCUT2D eigenvalue weighted by Crippen LogP contribution is -2.31. The molecular formula is C19H18F3NO5. The van der Waals surface area contributed by atoms with Gasteiger partial charge in [-0.3, -0.25) is 4.79 Å². The van der Waals surface area contributed by atoms with Gasteiger partial charge in [0.1, 0.15) is 11.5 Å². The quantitative estimate of drug-likeness (QED) is 0.722. The van der Waals surface area contributed by atoms with Crippen molar-refractivity contribution in [2.24, 2.45) is 0 Å². The molecule has 0 aliphatic heterocycles. The molecule has 6 nitrogen and oxygen atoms in total. The highest BCUT2D eigenvalue weighted by Gasteiger charge is 2.30. The van der Waals surface area contributed by atoms with Gasteiger partial charge in [-0.2, -0.15) is 13.2 Å². The predicted molar refractivity (Wildman–Crippen MR) is 94.1 cm³/mol. The van der Waals surface area contributed by atoms with Crippen LogP contribution in [0.5, 0.6) is 11.5 Å². The first-order chi connectivity index (χ1) is 13.2. The van der Waals surface area contributed by atoms with Gasteiger partial charge in [0.15, 0.2) is 12.7 Å². The van der Waals surface area contributed by atoms with E-state index in [1.807, 2.05) is 0 Å². The molecule has 0 saturated heterocycles.